The Labute approximate surface area is 170 Å². The number of hydrogen-bond donors (Lipinski definition) is 2. The molecule has 0 saturated carbocycles. The summed E-state index contributed by atoms with van der Waals surface area (Å²) in [6.45, 7) is 6.89. The molecule has 0 aliphatic carbocycles. The van der Waals surface area contributed by atoms with Crippen molar-refractivity contribution >= 4 is 34.0 Å². The van der Waals surface area contributed by atoms with Crippen molar-refractivity contribution in [2.75, 3.05) is 17.2 Å². The number of hydrogen-bond acceptors (Lipinski definition) is 5. The molecule has 1 fully saturated rings. The number of benzene rings is 1. The molecule has 2 amide bonds. The average Bonchev–Trinajstić information content (AvgIpc) is 3.33. The predicted octanol–water partition coefficient (Wildman–Crippen LogP) is 3.99. The van der Waals surface area contributed by atoms with E-state index in [1.165, 1.54) is 11.3 Å². The van der Waals surface area contributed by atoms with Crippen LogP contribution < -0.4 is 10.6 Å². The summed E-state index contributed by atoms with van der Waals surface area (Å²) in [6, 6.07) is 9.45. The van der Waals surface area contributed by atoms with Gasteiger partial charge in [0.25, 0.3) is 0 Å². The van der Waals surface area contributed by atoms with Crippen LogP contribution in [-0.4, -0.2) is 40.3 Å². The molecular formula is C21H28N4O2S. The summed E-state index contributed by atoms with van der Waals surface area (Å²) in [5.74, 6) is -0.0145. The first-order chi connectivity index (χ1) is 13.4. The number of carbonyl (C=O) groups excluding carboxylic acids is 2. The van der Waals surface area contributed by atoms with Gasteiger partial charge in [-0.05, 0) is 44.9 Å². The molecular weight excluding hydrogens is 372 g/mol. The van der Waals surface area contributed by atoms with Crippen molar-refractivity contribution in [1.82, 2.24) is 9.88 Å². The zero-order chi connectivity index (χ0) is 20.1. The van der Waals surface area contributed by atoms with Gasteiger partial charge in [0.2, 0.25) is 11.8 Å². The maximum Gasteiger partial charge on any atom is 0.243 e. The van der Waals surface area contributed by atoms with E-state index in [9.17, 15) is 9.59 Å². The Kier molecular flexibility index (Phi) is 6.46. The van der Waals surface area contributed by atoms with E-state index in [1.807, 2.05) is 49.6 Å². The minimum Gasteiger partial charge on any atom is -0.326 e. The predicted molar refractivity (Wildman–Crippen MR) is 113 cm³/mol. The van der Waals surface area contributed by atoms with Gasteiger partial charge in [-0.1, -0.05) is 32.0 Å². The van der Waals surface area contributed by atoms with Gasteiger partial charge < -0.3 is 10.6 Å². The first kappa shape index (κ1) is 20.5. The first-order valence-electron chi connectivity index (χ1n) is 9.69. The highest BCUT2D eigenvalue weighted by atomic mass is 32.1. The second kappa shape index (κ2) is 8.84. The SMILES string of the molecule is CC(CC(C)(C)C(=O)Nc1ccccc1)N1CCCC1C(=O)Nc1nccs1. The van der Waals surface area contributed by atoms with Gasteiger partial charge in [0.05, 0.1) is 6.04 Å². The normalized spacial score (nSPS) is 18.6. The van der Waals surface area contributed by atoms with Crippen LogP contribution in [0.2, 0.25) is 0 Å². The van der Waals surface area contributed by atoms with E-state index in [0.717, 1.165) is 25.1 Å². The Hall–Kier alpha value is -2.25. The average molecular weight is 401 g/mol. The van der Waals surface area contributed by atoms with Crippen LogP contribution in [0.3, 0.4) is 0 Å². The van der Waals surface area contributed by atoms with Crippen molar-refractivity contribution < 1.29 is 9.59 Å². The van der Waals surface area contributed by atoms with Gasteiger partial charge in [0.1, 0.15) is 0 Å². The molecule has 2 aromatic rings. The number of rotatable bonds is 7. The van der Waals surface area contributed by atoms with Crippen LogP contribution in [0, 0.1) is 5.41 Å². The number of likely N-dealkylation sites (tertiary alicyclic amines) is 1. The van der Waals surface area contributed by atoms with Gasteiger partial charge >= 0.3 is 0 Å². The summed E-state index contributed by atoms with van der Waals surface area (Å²) >= 11 is 1.42. The third kappa shape index (κ3) is 4.97. The molecule has 6 nitrogen and oxygen atoms in total. The second-order valence-corrected chi connectivity index (χ2v) is 8.87. The van der Waals surface area contributed by atoms with Crippen LogP contribution in [0.25, 0.3) is 0 Å². The first-order valence-corrected chi connectivity index (χ1v) is 10.6. The molecule has 1 aromatic heterocycles. The van der Waals surface area contributed by atoms with Gasteiger partial charge in [0.15, 0.2) is 5.13 Å². The summed E-state index contributed by atoms with van der Waals surface area (Å²) in [4.78, 5) is 31.9. The highest BCUT2D eigenvalue weighted by Gasteiger charge is 2.38. The summed E-state index contributed by atoms with van der Waals surface area (Å²) in [6.07, 6.45) is 4.17. The molecule has 28 heavy (non-hydrogen) atoms. The van der Waals surface area contributed by atoms with E-state index in [-0.39, 0.29) is 23.9 Å². The third-order valence-electron chi connectivity index (χ3n) is 5.28. The smallest absolute Gasteiger partial charge is 0.243 e. The molecule has 0 spiro atoms. The monoisotopic (exact) mass is 400 g/mol. The Morgan fingerprint density at radius 3 is 2.71 bits per heavy atom. The molecule has 1 aromatic carbocycles. The molecule has 0 bridgehead atoms. The molecule has 7 heteroatoms. The zero-order valence-electron chi connectivity index (χ0n) is 16.6. The van der Waals surface area contributed by atoms with Crippen LogP contribution in [0.15, 0.2) is 41.9 Å². The Morgan fingerprint density at radius 2 is 2.04 bits per heavy atom. The quantitative estimate of drug-likeness (QED) is 0.737. The fourth-order valence-electron chi connectivity index (χ4n) is 3.84. The van der Waals surface area contributed by atoms with Gasteiger partial charge in [-0.25, -0.2) is 4.98 Å². The number of nitrogens with zero attached hydrogens (tertiary/aromatic N) is 2. The molecule has 2 N–H and O–H groups in total. The number of amides is 2. The number of thiazole rings is 1. The Bertz CT molecular complexity index is 792. The summed E-state index contributed by atoms with van der Waals surface area (Å²) in [7, 11) is 0. The highest BCUT2D eigenvalue weighted by Crippen LogP contribution is 2.31. The van der Waals surface area contributed by atoms with Crippen molar-refractivity contribution in [2.45, 2.75) is 52.1 Å². The molecule has 150 valence electrons. The lowest BCUT2D eigenvalue weighted by Gasteiger charge is -2.34. The Balaban J connectivity index is 1.60. The molecule has 3 rings (SSSR count). The molecule has 1 aliphatic heterocycles. The van der Waals surface area contributed by atoms with Gasteiger partial charge in [0, 0.05) is 28.7 Å². The fourth-order valence-corrected chi connectivity index (χ4v) is 4.37. The van der Waals surface area contributed by atoms with Crippen LogP contribution in [-0.2, 0) is 9.59 Å². The van der Waals surface area contributed by atoms with Crippen molar-refractivity contribution in [2.24, 2.45) is 5.41 Å². The number of anilines is 2. The molecule has 1 saturated heterocycles. The fraction of sp³-hybridized carbons (Fsp3) is 0.476. The maximum absolute atomic E-state index is 12.8. The Morgan fingerprint density at radius 1 is 1.29 bits per heavy atom. The lowest BCUT2D eigenvalue weighted by Crippen LogP contribution is -2.47. The zero-order valence-corrected chi connectivity index (χ0v) is 17.5. The van der Waals surface area contributed by atoms with Gasteiger partial charge in [-0.2, -0.15) is 0 Å². The summed E-state index contributed by atoms with van der Waals surface area (Å²) < 4.78 is 0. The van der Waals surface area contributed by atoms with E-state index in [1.54, 1.807) is 6.20 Å². The van der Waals surface area contributed by atoms with E-state index in [0.29, 0.717) is 11.6 Å². The van der Waals surface area contributed by atoms with Crippen LogP contribution >= 0.6 is 11.3 Å². The number of carbonyl (C=O) groups is 2. The minimum atomic E-state index is -0.547. The third-order valence-corrected chi connectivity index (χ3v) is 5.97. The molecule has 2 heterocycles. The molecule has 2 unspecified atom stereocenters. The molecule has 0 radical (unpaired) electrons. The maximum atomic E-state index is 12.8. The van der Waals surface area contributed by atoms with Crippen LogP contribution in [0.5, 0.6) is 0 Å². The standard InChI is InChI=1S/C21H28N4O2S/c1-15(14-21(2,3)19(27)23-16-8-5-4-6-9-16)25-12-7-10-17(25)18(26)24-20-22-11-13-28-20/h4-6,8-9,11,13,15,17H,7,10,12,14H2,1-3H3,(H,23,27)(H,22,24,26). The second-order valence-electron chi connectivity index (χ2n) is 7.98. The van der Waals surface area contributed by atoms with Crippen molar-refractivity contribution in [3.05, 3.63) is 41.9 Å². The number of para-hydroxylation sites is 1. The highest BCUT2D eigenvalue weighted by molar-refractivity contribution is 7.13. The minimum absolute atomic E-state index is 0.00599. The lowest BCUT2D eigenvalue weighted by atomic mass is 9.84. The topological polar surface area (TPSA) is 74.3 Å². The lowest BCUT2D eigenvalue weighted by molar-refractivity contribution is -0.125. The van der Waals surface area contributed by atoms with Crippen LogP contribution in [0.1, 0.15) is 40.0 Å². The van der Waals surface area contributed by atoms with Gasteiger partial charge in [-0.15, -0.1) is 11.3 Å². The van der Waals surface area contributed by atoms with Crippen molar-refractivity contribution in [1.29, 1.82) is 0 Å². The molecule has 1 aliphatic rings. The molecule has 2 atom stereocenters. The largest absolute Gasteiger partial charge is 0.326 e. The van der Waals surface area contributed by atoms with E-state index >= 15 is 0 Å². The number of nitrogens with one attached hydrogen (secondary N) is 2. The van der Waals surface area contributed by atoms with E-state index in [2.05, 4.69) is 27.4 Å². The van der Waals surface area contributed by atoms with Gasteiger partial charge in [-0.3, -0.25) is 14.5 Å². The van der Waals surface area contributed by atoms with Crippen LogP contribution in [0.4, 0.5) is 10.8 Å². The van der Waals surface area contributed by atoms with Crippen molar-refractivity contribution in [3.8, 4) is 0 Å². The summed E-state index contributed by atoms with van der Waals surface area (Å²) in [5, 5.41) is 8.39. The summed E-state index contributed by atoms with van der Waals surface area (Å²) in [5.41, 5.74) is 0.254. The van der Waals surface area contributed by atoms with Crippen molar-refractivity contribution in [3.63, 3.8) is 0 Å². The number of aromatic nitrogens is 1. The van der Waals surface area contributed by atoms with E-state index in [4.69, 9.17) is 0 Å². The van der Waals surface area contributed by atoms with E-state index < -0.39 is 5.41 Å².